The molecule has 0 aliphatic carbocycles. The van der Waals surface area contributed by atoms with Crippen molar-refractivity contribution in [3.63, 3.8) is 0 Å². The summed E-state index contributed by atoms with van der Waals surface area (Å²) in [5.74, 6) is -0.846. The van der Waals surface area contributed by atoms with E-state index in [1.165, 1.54) is 11.8 Å². The minimum atomic E-state index is -0.564. The molecule has 1 aliphatic rings. The fraction of sp³-hybridized carbons (Fsp3) is 0.273. The number of carbonyl (C=O) groups is 2. The largest absolute Gasteiger partial charge is 0.462 e. The lowest BCUT2D eigenvalue weighted by Crippen LogP contribution is -2.44. The topological polar surface area (TPSA) is 46.6 Å². The zero-order valence-corrected chi connectivity index (χ0v) is 16.5. The van der Waals surface area contributed by atoms with E-state index in [1.54, 1.807) is 11.8 Å². The molecular formula is C22H23NO3S. The molecule has 27 heavy (non-hydrogen) atoms. The molecule has 4 nitrogen and oxygen atoms in total. The first-order valence-corrected chi connectivity index (χ1v) is 9.93. The third kappa shape index (κ3) is 3.93. The van der Waals surface area contributed by atoms with Gasteiger partial charge in [-0.3, -0.25) is 4.79 Å². The first-order valence-electron chi connectivity index (χ1n) is 9.05. The average molecular weight is 381 g/mol. The number of nitrogens with zero attached hydrogens (tertiary/aromatic N) is 1. The summed E-state index contributed by atoms with van der Waals surface area (Å²) in [5.41, 5.74) is 2.00. The van der Waals surface area contributed by atoms with Crippen molar-refractivity contribution in [2.45, 2.75) is 32.2 Å². The van der Waals surface area contributed by atoms with Crippen LogP contribution in [0.15, 0.2) is 66.2 Å². The number of carbonyl (C=O) groups excluding carboxylic acids is 2. The number of hydrogen-bond donors (Lipinski definition) is 0. The van der Waals surface area contributed by atoms with Crippen LogP contribution in [-0.4, -0.2) is 29.4 Å². The number of ether oxygens (including phenoxy) is 1. The Hall–Kier alpha value is -2.53. The molecule has 1 atom stereocenters. The molecule has 1 aliphatic heterocycles. The summed E-state index contributed by atoms with van der Waals surface area (Å²) < 4.78 is 5.21. The van der Waals surface area contributed by atoms with E-state index in [2.05, 4.69) is 0 Å². The Morgan fingerprint density at radius 1 is 1.07 bits per heavy atom. The monoisotopic (exact) mass is 381 g/mol. The Morgan fingerprint density at radius 2 is 1.67 bits per heavy atom. The standard InChI is InChI=1S/C22H23NO3S/c1-4-26-22(25)18-19(16-11-7-5-8-12-16)27-21(17-13-9-6-10-14-17)23(15(2)3)20(18)24/h5-15,21H,4H2,1-3H3/t21-/m0/s1. The van der Waals surface area contributed by atoms with Crippen LogP contribution < -0.4 is 0 Å². The molecule has 0 spiro atoms. The highest BCUT2D eigenvalue weighted by Gasteiger charge is 2.41. The van der Waals surface area contributed by atoms with Crippen molar-refractivity contribution in [1.29, 1.82) is 0 Å². The predicted octanol–water partition coefficient (Wildman–Crippen LogP) is 4.64. The molecule has 0 aromatic heterocycles. The molecule has 0 saturated heterocycles. The molecular weight excluding hydrogens is 358 g/mol. The van der Waals surface area contributed by atoms with Gasteiger partial charge in [0.05, 0.1) is 6.61 Å². The second-order valence-electron chi connectivity index (χ2n) is 6.48. The number of thioether (sulfide) groups is 1. The highest BCUT2D eigenvalue weighted by Crippen LogP contribution is 2.49. The van der Waals surface area contributed by atoms with Crippen LogP contribution in [0.4, 0.5) is 0 Å². The van der Waals surface area contributed by atoms with Gasteiger partial charge in [0.1, 0.15) is 10.9 Å². The van der Waals surface area contributed by atoms with Gasteiger partial charge in [-0.2, -0.15) is 0 Å². The van der Waals surface area contributed by atoms with E-state index in [0.29, 0.717) is 4.91 Å². The van der Waals surface area contributed by atoms with Gasteiger partial charge in [0, 0.05) is 10.9 Å². The van der Waals surface area contributed by atoms with Crippen LogP contribution in [-0.2, 0) is 14.3 Å². The molecule has 3 rings (SSSR count). The molecule has 2 aromatic rings. The number of esters is 1. The predicted molar refractivity (Wildman–Crippen MR) is 109 cm³/mol. The molecule has 2 aromatic carbocycles. The Labute approximate surface area is 164 Å². The Kier molecular flexibility index (Phi) is 6.01. The van der Waals surface area contributed by atoms with Gasteiger partial charge < -0.3 is 9.64 Å². The summed E-state index contributed by atoms with van der Waals surface area (Å²) in [6.07, 6.45) is 0. The highest BCUT2D eigenvalue weighted by molar-refractivity contribution is 8.08. The summed E-state index contributed by atoms with van der Waals surface area (Å²) in [6, 6.07) is 19.4. The van der Waals surface area contributed by atoms with E-state index >= 15 is 0 Å². The van der Waals surface area contributed by atoms with Crippen LogP contribution in [0.25, 0.3) is 4.91 Å². The second-order valence-corrected chi connectivity index (χ2v) is 7.57. The summed E-state index contributed by atoms with van der Waals surface area (Å²) in [7, 11) is 0. The number of benzene rings is 2. The number of amides is 1. The summed E-state index contributed by atoms with van der Waals surface area (Å²) >= 11 is 1.52. The first-order chi connectivity index (χ1) is 13.0. The number of hydrogen-bond acceptors (Lipinski definition) is 4. The molecule has 0 fully saturated rings. The van der Waals surface area contributed by atoms with Gasteiger partial charge >= 0.3 is 5.97 Å². The maximum absolute atomic E-state index is 13.4. The Balaban J connectivity index is 2.17. The highest BCUT2D eigenvalue weighted by atomic mass is 32.2. The van der Waals surface area contributed by atoms with Crippen LogP contribution in [0, 0.1) is 0 Å². The fourth-order valence-electron chi connectivity index (χ4n) is 3.10. The lowest BCUT2D eigenvalue weighted by atomic mass is 10.1. The molecule has 5 heteroatoms. The van der Waals surface area contributed by atoms with Gasteiger partial charge in [-0.05, 0) is 31.9 Å². The van der Waals surface area contributed by atoms with E-state index in [0.717, 1.165) is 11.1 Å². The maximum atomic E-state index is 13.4. The quantitative estimate of drug-likeness (QED) is 0.559. The second kappa shape index (κ2) is 8.44. The van der Waals surface area contributed by atoms with Gasteiger partial charge in [-0.1, -0.05) is 72.4 Å². The minimum absolute atomic E-state index is 0.0584. The first kappa shape index (κ1) is 19.2. The van der Waals surface area contributed by atoms with Crippen LogP contribution in [0.1, 0.15) is 37.3 Å². The normalized spacial score (nSPS) is 17.4. The molecule has 0 radical (unpaired) electrons. The number of rotatable bonds is 5. The van der Waals surface area contributed by atoms with Crippen molar-refractivity contribution < 1.29 is 14.3 Å². The van der Waals surface area contributed by atoms with Gasteiger partial charge in [0.2, 0.25) is 0 Å². The zero-order valence-electron chi connectivity index (χ0n) is 15.7. The van der Waals surface area contributed by atoms with E-state index in [1.807, 2.05) is 74.5 Å². The van der Waals surface area contributed by atoms with Crippen molar-refractivity contribution in [2.75, 3.05) is 6.61 Å². The molecule has 140 valence electrons. The smallest absolute Gasteiger partial charge is 0.344 e. The lowest BCUT2D eigenvalue weighted by molar-refractivity contribution is -0.142. The van der Waals surface area contributed by atoms with Gasteiger partial charge in [-0.25, -0.2) is 4.79 Å². The fourth-order valence-corrected chi connectivity index (χ4v) is 4.63. The molecule has 0 saturated carbocycles. The third-order valence-electron chi connectivity index (χ3n) is 4.31. The molecule has 0 unspecified atom stereocenters. The zero-order chi connectivity index (χ0) is 19.4. The SMILES string of the molecule is CCOC(=O)C1=C(c2ccccc2)S[C@@H](c2ccccc2)N(C(C)C)C1=O. The van der Waals surface area contributed by atoms with E-state index in [4.69, 9.17) is 4.74 Å². The van der Waals surface area contributed by atoms with E-state index in [-0.39, 0.29) is 29.5 Å². The summed E-state index contributed by atoms with van der Waals surface area (Å²) in [6.45, 7) is 5.90. The Morgan fingerprint density at radius 3 is 2.22 bits per heavy atom. The Bertz CT molecular complexity index is 846. The molecule has 0 bridgehead atoms. The van der Waals surface area contributed by atoms with Gasteiger partial charge in [-0.15, -0.1) is 0 Å². The maximum Gasteiger partial charge on any atom is 0.344 e. The van der Waals surface area contributed by atoms with Crippen LogP contribution in [0.2, 0.25) is 0 Å². The summed E-state index contributed by atoms with van der Waals surface area (Å²) in [5, 5.41) is -0.202. The van der Waals surface area contributed by atoms with Crippen molar-refractivity contribution in [3.05, 3.63) is 77.4 Å². The molecule has 1 heterocycles. The molecule has 0 N–H and O–H groups in total. The van der Waals surface area contributed by atoms with Crippen molar-refractivity contribution in [3.8, 4) is 0 Å². The summed E-state index contributed by atoms with van der Waals surface area (Å²) in [4.78, 5) is 28.5. The van der Waals surface area contributed by atoms with E-state index < -0.39 is 5.97 Å². The third-order valence-corrected chi connectivity index (χ3v) is 5.71. The van der Waals surface area contributed by atoms with Crippen LogP contribution in [0.3, 0.4) is 0 Å². The van der Waals surface area contributed by atoms with Crippen LogP contribution >= 0.6 is 11.8 Å². The minimum Gasteiger partial charge on any atom is -0.462 e. The van der Waals surface area contributed by atoms with Crippen molar-refractivity contribution >= 4 is 28.5 Å². The van der Waals surface area contributed by atoms with Crippen molar-refractivity contribution in [2.24, 2.45) is 0 Å². The van der Waals surface area contributed by atoms with Crippen LogP contribution in [0.5, 0.6) is 0 Å². The van der Waals surface area contributed by atoms with E-state index in [9.17, 15) is 9.59 Å². The average Bonchev–Trinajstić information content (AvgIpc) is 2.68. The lowest BCUT2D eigenvalue weighted by Gasteiger charge is -2.39. The molecule has 1 amide bonds. The van der Waals surface area contributed by atoms with Gasteiger partial charge in [0.15, 0.2) is 0 Å². The van der Waals surface area contributed by atoms with Gasteiger partial charge in [0.25, 0.3) is 5.91 Å². The van der Waals surface area contributed by atoms with Crippen molar-refractivity contribution in [1.82, 2.24) is 4.90 Å².